The number of carbonyl (C=O) groups excluding carboxylic acids is 1. The van der Waals surface area contributed by atoms with Crippen LogP contribution in [0, 0.1) is 11.3 Å². The third kappa shape index (κ3) is 4.68. The van der Waals surface area contributed by atoms with Crippen LogP contribution in [0.2, 0.25) is 5.02 Å². The summed E-state index contributed by atoms with van der Waals surface area (Å²) in [5.41, 5.74) is -0.251. The molecule has 1 aliphatic rings. The predicted octanol–water partition coefficient (Wildman–Crippen LogP) is 3.74. The summed E-state index contributed by atoms with van der Waals surface area (Å²) in [5.74, 6) is -0.0480. The molecule has 1 amide bonds. The highest BCUT2D eigenvalue weighted by atomic mass is 35.5. The van der Waals surface area contributed by atoms with Gasteiger partial charge in [0.05, 0.1) is 40.2 Å². The third-order valence-electron chi connectivity index (χ3n) is 5.88. The maximum atomic E-state index is 13.6. The minimum Gasteiger partial charge on any atom is -0.391 e. The molecule has 4 heterocycles. The van der Waals surface area contributed by atoms with Crippen LogP contribution in [0.15, 0.2) is 43.0 Å². The first-order valence-electron chi connectivity index (χ1n) is 11.0. The number of aliphatic hydroxyl groups excluding tert-OH is 1. The van der Waals surface area contributed by atoms with Gasteiger partial charge in [-0.15, -0.1) is 0 Å². The van der Waals surface area contributed by atoms with Gasteiger partial charge in [-0.25, -0.2) is 9.97 Å². The Morgan fingerprint density at radius 2 is 2.14 bits per heavy atom. The van der Waals surface area contributed by atoms with E-state index in [4.69, 9.17) is 16.9 Å². The molecule has 0 unspecified atom stereocenters. The number of nitrogens with one attached hydrogen (secondary N) is 1. The van der Waals surface area contributed by atoms with E-state index < -0.39 is 18.0 Å². The third-order valence-corrected chi connectivity index (χ3v) is 6.19. The number of aromatic nitrogens is 5. The molecule has 0 radical (unpaired) electrons. The van der Waals surface area contributed by atoms with E-state index in [1.165, 1.54) is 34.0 Å². The smallest absolute Gasteiger partial charge is 0.391 e. The highest BCUT2D eigenvalue weighted by Crippen LogP contribution is 2.37. The fourth-order valence-electron chi connectivity index (χ4n) is 4.18. The lowest BCUT2D eigenvalue weighted by atomic mass is 10.1. The van der Waals surface area contributed by atoms with Crippen molar-refractivity contribution in [3.05, 3.63) is 59.3 Å². The Balaban J connectivity index is 1.46. The van der Waals surface area contributed by atoms with E-state index in [0.29, 0.717) is 18.7 Å². The number of imidazole rings is 1. The summed E-state index contributed by atoms with van der Waals surface area (Å²) >= 11 is 6.37. The molecule has 14 heteroatoms. The van der Waals surface area contributed by atoms with Gasteiger partial charge in [-0.1, -0.05) is 11.6 Å². The fourth-order valence-corrected chi connectivity index (χ4v) is 4.44. The van der Waals surface area contributed by atoms with E-state index in [1.54, 1.807) is 18.2 Å². The molecule has 5 rings (SSSR count). The van der Waals surface area contributed by atoms with Crippen molar-refractivity contribution in [2.45, 2.75) is 25.2 Å². The number of hydrogen-bond acceptors (Lipinski definition) is 7. The van der Waals surface area contributed by atoms with Crippen LogP contribution in [0.4, 0.5) is 24.7 Å². The monoisotopic (exact) mass is 530 g/mol. The molecular formula is C23H18ClF3N8O2. The summed E-state index contributed by atoms with van der Waals surface area (Å²) in [4.78, 5) is 22.7. The van der Waals surface area contributed by atoms with Crippen LogP contribution >= 0.6 is 11.6 Å². The molecule has 0 saturated carbocycles. The van der Waals surface area contributed by atoms with Gasteiger partial charge in [-0.3, -0.25) is 13.9 Å². The molecule has 10 nitrogen and oxygen atoms in total. The summed E-state index contributed by atoms with van der Waals surface area (Å²) in [5, 5.41) is 25.3. The number of amides is 1. The number of benzene rings is 1. The maximum Gasteiger partial charge on any atom is 0.435 e. The minimum atomic E-state index is -4.74. The molecule has 4 aromatic rings. The Hall–Kier alpha value is -4.15. The highest BCUT2D eigenvalue weighted by Gasteiger charge is 2.38. The number of carbonyl (C=O) groups is 1. The first-order valence-corrected chi connectivity index (χ1v) is 11.4. The standard InChI is InChI=1S/C23H18ClF3N8O2/c24-17-9-13(1-2-15(17)22(37)33-6-3-14(36)11-33)31-20-21-30-10-18(35(21)8-5-29-20)16-12-34(7-4-28)32-19(16)23(25,26)27/h1-2,5,8-10,12,14,36H,3,6-7,11H2,(H,29,31)/t14-/m1/s1. The number of β-amino-alcohol motifs (C(OH)–C–C–N with tert-alkyl or cyclic N) is 1. The van der Waals surface area contributed by atoms with E-state index >= 15 is 0 Å². The fraction of sp³-hybridized carbons (Fsp3) is 0.261. The maximum absolute atomic E-state index is 13.6. The van der Waals surface area contributed by atoms with E-state index in [9.17, 15) is 23.1 Å². The quantitative estimate of drug-likeness (QED) is 0.403. The second-order valence-corrected chi connectivity index (χ2v) is 8.78. The number of rotatable bonds is 5. The van der Waals surface area contributed by atoms with Crippen LogP contribution in [0.5, 0.6) is 0 Å². The lowest BCUT2D eigenvalue weighted by Gasteiger charge is -2.17. The molecule has 0 aliphatic carbocycles. The number of anilines is 2. The summed E-state index contributed by atoms with van der Waals surface area (Å²) in [7, 11) is 0. The Kier molecular flexibility index (Phi) is 6.22. The van der Waals surface area contributed by atoms with Crippen molar-refractivity contribution >= 4 is 34.7 Å². The van der Waals surface area contributed by atoms with Gasteiger partial charge in [0.15, 0.2) is 17.2 Å². The number of alkyl halides is 3. The number of halogens is 4. The Morgan fingerprint density at radius 1 is 1.32 bits per heavy atom. The lowest BCUT2D eigenvalue weighted by Crippen LogP contribution is -2.29. The zero-order valence-corrected chi connectivity index (χ0v) is 19.7. The molecule has 1 aromatic carbocycles. The van der Waals surface area contributed by atoms with E-state index in [1.807, 2.05) is 0 Å². The lowest BCUT2D eigenvalue weighted by molar-refractivity contribution is -0.141. The van der Waals surface area contributed by atoms with Crippen molar-refractivity contribution in [2.75, 3.05) is 18.4 Å². The van der Waals surface area contributed by atoms with Crippen LogP contribution in [0.25, 0.3) is 16.9 Å². The van der Waals surface area contributed by atoms with Gasteiger partial charge in [-0.2, -0.15) is 23.5 Å². The number of likely N-dealkylation sites (tertiary alicyclic amines) is 1. The normalized spacial score (nSPS) is 15.8. The molecule has 1 saturated heterocycles. The van der Waals surface area contributed by atoms with Crippen molar-refractivity contribution in [2.24, 2.45) is 0 Å². The Labute approximate surface area is 212 Å². The number of hydrogen-bond donors (Lipinski definition) is 2. The zero-order valence-electron chi connectivity index (χ0n) is 18.9. The van der Waals surface area contributed by atoms with E-state index in [-0.39, 0.29) is 52.3 Å². The van der Waals surface area contributed by atoms with E-state index in [0.717, 1.165) is 10.9 Å². The van der Waals surface area contributed by atoms with Crippen LogP contribution in [0.1, 0.15) is 22.5 Å². The number of aliphatic hydroxyl groups is 1. The highest BCUT2D eigenvalue weighted by molar-refractivity contribution is 6.34. The van der Waals surface area contributed by atoms with Crippen molar-refractivity contribution in [3.63, 3.8) is 0 Å². The van der Waals surface area contributed by atoms with Gasteiger partial charge < -0.3 is 15.3 Å². The van der Waals surface area contributed by atoms with Crippen LogP contribution in [-0.4, -0.2) is 59.3 Å². The number of fused-ring (bicyclic) bond motifs is 1. The largest absolute Gasteiger partial charge is 0.435 e. The first-order chi connectivity index (χ1) is 17.7. The average molecular weight is 531 g/mol. The second kappa shape index (κ2) is 9.38. The van der Waals surface area contributed by atoms with Gasteiger partial charge in [0.2, 0.25) is 0 Å². The molecule has 190 valence electrons. The van der Waals surface area contributed by atoms with Crippen LogP contribution < -0.4 is 5.32 Å². The first kappa shape index (κ1) is 24.5. The van der Waals surface area contributed by atoms with Crippen molar-refractivity contribution in [1.29, 1.82) is 5.26 Å². The average Bonchev–Trinajstić information content (AvgIpc) is 3.57. The van der Waals surface area contributed by atoms with Crippen LogP contribution in [0.3, 0.4) is 0 Å². The molecule has 1 fully saturated rings. The topological polar surface area (TPSA) is 124 Å². The number of nitrogens with zero attached hydrogens (tertiary/aromatic N) is 7. The van der Waals surface area contributed by atoms with Gasteiger partial charge in [0, 0.05) is 37.4 Å². The van der Waals surface area contributed by atoms with Crippen molar-refractivity contribution in [3.8, 4) is 17.3 Å². The summed E-state index contributed by atoms with van der Waals surface area (Å²) < 4.78 is 43.3. The predicted molar refractivity (Wildman–Crippen MR) is 126 cm³/mol. The SMILES string of the molecule is N#CCn1cc(-c2cnc3c(Nc4ccc(C(=O)N5CC[C@@H](O)C5)c(Cl)c4)nccn23)c(C(F)(F)F)n1. The van der Waals surface area contributed by atoms with Gasteiger partial charge in [-0.05, 0) is 24.6 Å². The second-order valence-electron chi connectivity index (χ2n) is 8.37. The summed E-state index contributed by atoms with van der Waals surface area (Å²) in [6.45, 7) is 0.344. The Bertz CT molecular complexity index is 1540. The molecule has 3 aromatic heterocycles. The number of nitriles is 1. The molecule has 1 atom stereocenters. The van der Waals surface area contributed by atoms with Crippen molar-refractivity contribution < 1.29 is 23.1 Å². The minimum absolute atomic E-state index is 0.115. The van der Waals surface area contributed by atoms with Crippen molar-refractivity contribution in [1.82, 2.24) is 29.0 Å². The zero-order chi connectivity index (χ0) is 26.3. The molecule has 2 N–H and O–H groups in total. The summed E-state index contributed by atoms with van der Waals surface area (Å²) in [6, 6.07) is 6.47. The molecule has 1 aliphatic heterocycles. The van der Waals surface area contributed by atoms with Gasteiger partial charge in [0.25, 0.3) is 5.91 Å². The van der Waals surface area contributed by atoms with Crippen LogP contribution in [-0.2, 0) is 12.7 Å². The van der Waals surface area contributed by atoms with Gasteiger partial charge >= 0.3 is 6.18 Å². The van der Waals surface area contributed by atoms with Gasteiger partial charge in [0.1, 0.15) is 6.54 Å². The Morgan fingerprint density at radius 3 is 2.81 bits per heavy atom. The molecule has 0 spiro atoms. The van der Waals surface area contributed by atoms with E-state index in [2.05, 4.69) is 20.4 Å². The molecule has 37 heavy (non-hydrogen) atoms. The summed E-state index contributed by atoms with van der Waals surface area (Å²) in [6.07, 6.45) is 0.492. The molecular weight excluding hydrogens is 513 g/mol. The molecule has 0 bridgehead atoms.